The van der Waals surface area contributed by atoms with Crippen molar-refractivity contribution in [2.45, 2.75) is 78.2 Å². The highest BCUT2D eigenvalue weighted by Crippen LogP contribution is 2.36. The molecule has 0 saturated carbocycles. The summed E-state index contributed by atoms with van der Waals surface area (Å²) in [6.07, 6.45) is 1.27. The minimum absolute atomic E-state index is 0.102. The second-order valence-corrected chi connectivity index (χ2v) is 13.0. The quantitative estimate of drug-likeness (QED) is 0.252. The first-order valence-electron chi connectivity index (χ1n) is 16.1. The molecular weight excluding hydrogens is 614 g/mol. The molecule has 11 nitrogen and oxygen atoms in total. The molecule has 0 radical (unpaired) electrons. The zero-order valence-corrected chi connectivity index (χ0v) is 28.8. The van der Waals surface area contributed by atoms with E-state index >= 15 is 0 Å². The Kier molecular flexibility index (Phi) is 11.5. The number of nitrogens with one attached hydrogen (secondary N) is 2. The highest BCUT2D eigenvalue weighted by molar-refractivity contribution is 6.03. The maximum atomic E-state index is 13.8. The molecule has 2 N–H and O–H groups in total. The summed E-state index contributed by atoms with van der Waals surface area (Å²) in [6, 6.07) is 15.1. The van der Waals surface area contributed by atoms with E-state index in [0.717, 1.165) is 5.56 Å². The van der Waals surface area contributed by atoms with Gasteiger partial charge in [0.1, 0.15) is 35.3 Å². The summed E-state index contributed by atoms with van der Waals surface area (Å²) in [6.45, 7) is 10.6. The number of rotatable bonds is 12. The fourth-order valence-electron chi connectivity index (χ4n) is 5.45. The zero-order chi connectivity index (χ0) is 35.2. The summed E-state index contributed by atoms with van der Waals surface area (Å²) in [5.74, 6) is -2.46. The number of methoxy groups -OCH3 is 2. The van der Waals surface area contributed by atoms with E-state index in [1.54, 1.807) is 60.8 Å². The molecular formula is C37H45N3O8. The van der Waals surface area contributed by atoms with Crippen molar-refractivity contribution in [2.75, 3.05) is 14.2 Å². The van der Waals surface area contributed by atoms with Gasteiger partial charge < -0.3 is 29.6 Å². The molecule has 2 aromatic carbocycles. The Morgan fingerprint density at radius 1 is 0.958 bits per heavy atom. The number of pyridine rings is 1. The fourth-order valence-corrected chi connectivity index (χ4v) is 5.45. The molecule has 1 heterocycles. The van der Waals surface area contributed by atoms with E-state index in [4.69, 9.17) is 23.9 Å². The second kappa shape index (κ2) is 15.3. The number of benzene rings is 2. The number of hydrogen-bond acceptors (Lipinski definition) is 9. The maximum Gasteiger partial charge on any atom is 0.329 e. The summed E-state index contributed by atoms with van der Waals surface area (Å²) in [5.41, 5.74) is 1.56. The number of aromatic nitrogens is 1. The molecule has 0 saturated heterocycles. The number of ether oxygens (including phenoxy) is 4. The lowest BCUT2D eigenvalue weighted by Crippen LogP contribution is -2.49. The van der Waals surface area contributed by atoms with Crippen molar-refractivity contribution in [3.05, 3.63) is 66.2 Å². The average molecular weight is 660 g/mol. The van der Waals surface area contributed by atoms with Gasteiger partial charge >= 0.3 is 11.9 Å². The number of hydrogen-bond donors (Lipinski definition) is 2. The number of esters is 2. The summed E-state index contributed by atoms with van der Waals surface area (Å²) in [4.78, 5) is 57.8. The first-order chi connectivity index (χ1) is 22.7. The Labute approximate surface area is 281 Å². The summed E-state index contributed by atoms with van der Waals surface area (Å²) < 4.78 is 22.4. The molecule has 3 aromatic rings. The smallest absolute Gasteiger partial charge is 0.329 e. The van der Waals surface area contributed by atoms with Crippen LogP contribution in [0.2, 0.25) is 0 Å². The standard InChI is InChI=1S/C37H45N3O8/c1-9-28(35(43)48-37(4,5)6)39-33(41)26-17-24(18-27(26)34(42)40-32(21(2)3)36(44)46-8)47-31-20-29(22-13-11-10-12-14-22)38-30-19-23(45-7)15-16-25(30)31/h10-16,18-21,24,26,28,32H,9,17H2,1-8H3,(H,39,41)(H,40,42)/t24-,26-,28-,32-/m0/s1. The molecule has 11 heteroatoms. The van der Waals surface area contributed by atoms with Gasteiger partial charge in [0.05, 0.1) is 31.3 Å². The molecule has 48 heavy (non-hydrogen) atoms. The predicted molar refractivity (Wildman–Crippen MR) is 181 cm³/mol. The van der Waals surface area contributed by atoms with Crippen molar-refractivity contribution in [2.24, 2.45) is 11.8 Å². The lowest BCUT2D eigenvalue weighted by atomic mass is 9.97. The molecule has 0 unspecified atom stereocenters. The van der Waals surface area contributed by atoms with Gasteiger partial charge in [-0.2, -0.15) is 0 Å². The van der Waals surface area contributed by atoms with Crippen LogP contribution in [0.25, 0.3) is 22.2 Å². The van der Waals surface area contributed by atoms with Gasteiger partial charge in [0.25, 0.3) is 0 Å². The number of carbonyl (C=O) groups is 4. The predicted octanol–water partition coefficient (Wildman–Crippen LogP) is 5.15. The van der Waals surface area contributed by atoms with E-state index in [1.165, 1.54) is 7.11 Å². The van der Waals surface area contributed by atoms with Gasteiger partial charge in [-0.15, -0.1) is 0 Å². The SMILES string of the molecule is CC[C@H](NC(=O)[C@H]1C[C@H](Oc2cc(-c3ccccc3)nc3cc(OC)ccc23)C=C1C(=O)N[C@H](C(=O)OC)C(C)C)C(=O)OC(C)(C)C. The first-order valence-corrected chi connectivity index (χ1v) is 16.1. The number of carbonyl (C=O) groups excluding carboxylic acids is 4. The number of nitrogens with zero attached hydrogens (tertiary/aromatic N) is 1. The third-order valence-corrected chi connectivity index (χ3v) is 7.94. The topological polar surface area (TPSA) is 142 Å². The Hall–Kier alpha value is -4.93. The van der Waals surface area contributed by atoms with Gasteiger partial charge in [0.15, 0.2) is 0 Å². The Morgan fingerprint density at radius 2 is 1.67 bits per heavy atom. The Bertz CT molecular complexity index is 1680. The van der Waals surface area contributed by atoms with Crippen LogP contribution in [0.5, 0.6) is 11.5 Å². The van der Waals surface area contributed by atoms with Crippen LogP contribution in [0, 0.1) is 11.8 Å². The van der Waals surface area contributed by atoms with Gasteiger partial charge in [-0.05, 0) is 51.3 Å². The molecule has 0 bridgehead atoms. The van der Waals surface area contributed by atoms with E-state index in [9.17, 15) is 19.2 Å². The lowest BCUT2D eigenvalue weighted by Gasteiger charge is -2.25. The molecule has 2 amide bonds. The van der Waals surface area contributed by atoms with E-state index in [0.29, 0.717) is 28.1 Å². The molecule has 4 atom stereocenters. The normalized spacial score (nSPS) is 17.2. The summed E-state index contributed by atoms with van der Waals surface area (Å²) in [7, 11) is 2.83. The highest BCUT2D eigenvalue weighted by Gasteiger charge is 2.40. The van der Waals surface area contributed by atoms with E-state index in [2.05, 4.69) is 10.6 Å². The van der Waals surface area contributed by atoms with Crippen molar-refractivity contribution in [1.29, 1.82) is 0 Å². The Morgan fingerprint density at radius 3 is 2.27 bits per heavy atom. The van der Waals surface area contributed by atoms with Gasteiger partial charge in [0.2, 0.25) is 11.8 Å². The fraction of sp³-hybridized carbons (Fsp3) is 0.432. The van der Waals surface area contributed by atoms with Crippen LogP contribution in [0.3, 0.4) is 0 Å². The van der Waals surface area contributed by atoms with Crippen LogP contribution in [0.1, 0.15) is 54.4 Å². The van der Waals surface area contributed by atoms with E-state index in [1.807, 2.05) is 48.5 Å². The molecule has 1 aliphatic rings. The molecule has 4 rings (SSSR count). The van der Waals surface area contributed by atoms with E-state index in [-0.39, 0.29) is 24.3 Å². The minimum Gasteiger partial charge on any atom is -0.497 e. The van der Waals surface area contributed by atoms with Crippen molar-refractivity contribution in [1.82, 2.24) is 15.6 Å². The van der Waals surface area contributed by atoms with Crippen LogP contribution in [0.4, 0.5) is 0 Å². The number of fused-ring (bicyclic) bond motifs is 1. The van der Waals surface area contributed by atoms with Crippen LogP contribution in [0.15, 0.2) is 66.2 Å². The lowest BCUT2D eigenvalue weighted by molar-refractivity contribution is -0.159. The number of amides is 2. The van der Waals surface area contributed by atoms with Crippen LogP contribution in [-0.2, 0) is 28.7 Å². The van der Waals surface area contributed by atoms with Gasteiger partial charge in [0, 0.05) is 35.1 Å². The van der Waals surface area contributed by atoms with E-state index < -0.39 is 53.5 Å². The first kappa shape index (κ1) is 35.9. The van der Waals surface area contributed by atoms with Crippen molar-refractivity contribution < 1.29 is 38.1 Å². The third-order valence-electron chi connectivity index (χ3n) is 7.94. The van der Waals surface area contributed by atoms with Crippen LogP contribution in [-0.4, -0.2) is 66.7 Å². The van der Waals surface area contributed by atoms with Crippen molar-refractivity contribution in [3.63, 3.8) is 0 Å². The minimum atomic E-state index is -0.987. The van der Waals surface area contributed by atoms with Crippen molar-refractivity contribution in [3.8, 4) is 22.8 Å². The van der Waals surface area contributed by atoms with Gasteiger partial charge in [-0.1, -0.05) is 51.1 Å². The van der Waals surface area contributed by atoms with Crippen molar-refractivity contribution >= 4 is 34.7 Å². The highest BCUT2D eigenvalue weighted by atomic mass is 16.6. The average Bonchev–Trinajstić information content (AvgIpc) is 3.48. The second-order valence-electron chi connectivity index (χ2n) is 13.0. The summed E-state index contributed by atoms with van der Waals surface area (Å²) in [5, 5.41) is 6.23. The largest absolute Gasteiger partial charge is 0.497 e. The molecule has 0 aliphatic heterocycles. The van der Waals surface area contributed by atoms with Gasteiger partial charge in [-0.25, -0.2) is 14.6 Å². The zero-order valence-electron chi connectivity index (χ0n) is 28.8. The monoisotopic (exact) mass is 659 g/mol. The molecule has 1 aliphatic carbocycles. The van der Waals surface area contributed by atoms with Crippen LogP contribution < -0.4 is 20.1 Å². The molecule has 0 spiro atoms. The van der Waals surface area contributed by atoms with Gasteiger partial charge in [-0.3, -0.25) is 9.59 Å². The third kappa shape index (κ3) is 8.70. The Balaban J connectivity index is 1.71. The van der Waals surface area contributed by atoms with Crippen LogP contribution >= 0.6 is 0 Å². The molecule has 256 valence electrons. The maximum absolute atomic E-state index is 13.8. The summed E-state index contributed by atoms with van der Waals surface area (Å²) >= 11 is 0. The molecule has 1 aromatic heterocycles. The molecule has 0 fully saturated rings.